The molecule has 1 aliphatic heterocycles. The Morgan fingerprint density at radius 1 is 1.39 bits per heavy atom. The molecule has 0 radical (unpaired) electrons. The summed E-state index contributed by atoms with van der Waals surface area (Å²) in [6, 6.07) is 0.628. The summed E-state index contributed by atoms with van der Waals surface area (Å²) in [6.07, 6.45) is 5.46. The van der Waals surface area contributed by atoms with E-state index in [1.54, 1.807) is 0 Å². The molecule has 1 N–H and O–H groups in total. The van der Waals surface area contributed by atoms with Crippen LogP contribution in [-0.2, 0) is 11.2 Å². The molecule has 3 rings (SSSR count). The number of nitrogens with zero attached hydrogens (tertiary/aromatic N) is 3. The van der Waals surface area contributed by atoms with Crippen LogP contribution in [0.3, 0.4) is 0 Å². The molecule has 5 heteroatoms. The Kier molecular flexibility index (Phi) is 3.32. The van der Waals surface area contributed by atoms with Crippen LogP contribution in [0.2, 0.25) is 0 Å². The van der Waals surface area contributed by atoms with Crippen molar-refractivity contribution in [2.45, 2.75) is 32.2 Å². The zero-order chi connectivity index (χ0) is 12.4. The summed E-state index contributed by atoms with van der Waals surface area (Å²) < 4.78 is 5.36. The van der Waals surface area contributed by atoms with Crippen molar-refractivity contribution in [2.75, 3.05) is 36.5 Å². The van der Waals surface area contributed by atoms with E-state index in [-0.39, 0.29) is 0 Å². The van der Waals surface area contributed by atoms with E-state index in [0.717, 1.165) is 44.5 Å². The molecule has 2 fully saturated rings. The van der Waals surface area contributed by atoms with Crippen molar-refractivity contribution < 1.29 is 4.74 Å². The van der Waals surface area contributed by atoms with Gasteiger partial charge in [0, 0.05) is 30.9 Å². The molecule has 1 saturated heterocycles. The smallest absolute Gasteiger partial charge is 0.227 e. The van der Waals surface area contributed by atoms with Crippen LogP contribution in [0, 0.1) is 0 Å². The molecule has 98 valence electrons. The van der Waals surface area contributed by atoms with Gasteiger partial charge in [0.15, 0.2) is 0 Å². The average molecular weight is 248 g/mol. The zero-order valence-electron chi connectivity index (χ0n) is 10.9. The molecule has 5 nitrogen and oxygen atoms in total. The molecule has 2 aliphatic rings. The maximum atomic E-state index is 5.36. The lowest BCUT2D eigenvalue weighted by molar-refractivity contribution is 0.122. The van der Waals surface area contributed by atoms with E-state index in [1.807, 2.05) is 6.20 Å². The van der Waals surface area contributed by atoms with Crippen molar-refractivity contribution in [1.82, 2.24) is 9.97 Å². The highest BCUT2D eigenvalue weighted by molar-refractivity contribution is 5.49. The molecule has 0 atom stereocenters. The Morgan fingerprint density at radius 3 is 2.83 bits per heavy atom. The second kappa shape index (κ2) is 5.10. The van der Waals surface area contributed by atoms with Crippen molar-refractivity contribution in [3.05, 3.63) is 11.8 Å². The number of aryl methyl sites for hydroxylation is 1. The van der Waals surface area contributed by atoms with Gasteiger partial charge in [-0.15, -0.1) is 0 Å². The third-order valence-electron chi connectivity index (χ3n) is 3.44. The Balaban J connectivity index is 1.80. The Labute approximate surface area is 108 Å². The van der Waals surface area contributed by atoms with Gasteiger partial charge in [0.2, 0.25) is 5.95 Å². The molecular formula is C13H20N4O. The molecule has 1 aromatic heterocycles. The lowest BCUT2D eigenvalue weighted by Gasteiger charge is -2.27. The minimum absolute atomic E-state index is 0.628. The summed E-state index contributed by atoms with van der Waals surface area (Å²) in [6.45, 7) is 5.45. The number of hydrogen-bond donors (Lipinski definition) is 1. The third-order valence-corrected chi connectivity index (χ3v) is 3.44. The number of ether oxygens (including phenoxy) is 1. The molecule has 1 aromatic rings. The molecule has 18 heavy (non-hydrogen) atoms. The van der Waals surface area contributed by atoms with Gasteiger partial charge in [-0.3, -0.25) is 0 Å². The maximum Gasteiger partial charge on any atom is 0.227 e. The lowest BCUT2D eigenvalue weighted by Crippen LogP contribution is -2.37. The van der Waals surface area contributed by atoms with Crippen LogP contribution in [0.5, 0.6) is 0 Å². The first-order valence-electron chi connectivity index (χ1n) is 6.82. The third kappa shape index (κ3) is 2.56. The highest BCUT2D eigenvalue weighted by Gasteiger charge is 2.23. The van der Waals surface area contributed by atoms with Crippen LogP contribution in [0.25, 0.3) is 0 Å². The van der Waals surface area contributed by atoms with Crippen LogP contribution in [0.1, 0.15) is 25.3 Å². The largest absolute Gasteiger partial charge is 0.378 e. The standard InChI is InChI=1S/C13H20N4O/c1-2-10-9-14-13(17-5-7-18-8-6-17)16-12(10)15-11-3-4-11/h9,11H,2-8H2,1H3,(H,14,15,16). The highest BCUT2D eigenvalue weighted by atomic mass is 16.5. The first-order valence-corrected chi connectivity index (χ1v) is 6.82. The fourth-order valence-corrected chi connectivity index (χ4v) is 2.12. The average Bonchev–Trinajstić information content (AvgIpc) is 3.24. The van der Waals surface area contributed by atoms with Crippen molar-refractivity contribution in [2.24, 2.45) is 0 Å². The Hall–Kier alpha value is -1.36. The molecule has 0 aromatic carbocycles. The molecule has 1 aliphatic carbocycles. The number of aromatic nitrogens is 2. The summed E-state index contributed by atoms with van der Waals surface area (Å²) in [5, 5.41) is 3.51. The zero-order valence-corrected chi connectivity index (χ0v) is 10.9. The van der Waals surface area contributed by atoms with E-state index in [9.17, 15) is 0 Å². The Bertz CT molecular complexity index is 413. The molecule has 0 bridgehead atoms. The van der Waals surface area contributed by atoms with Crippen LogP contribution >= 0.6 is 0 Å². The molecular weight excluding hydrogens is 228 g/mol. The highest BCUT2D eigenvalue weighted by Crippen LogP contribution is 2.26. The van der Waals surface area contributed by atoms with Gasteiger partial charge in [-0.25, -0.2) is 4.98 Å². The predicted molar refractivity (Wildman–Crippen MR) is 71.1 cm³/mol. The second-order valence-corrected chi connectivity index (χ2v) is 4.92. The SMILES string of the molecule is CCc1cnc(N2CCOCC2)nc1NC1CC1. The first-order chi connectivity index (χ1) is 8.86. The quantitative estimate of drug-likeness (QED) is 0.874. The second-order valence-electron chi connectivity index (χ2n) is 4.92. The minimum Gasteiger partial charge on any atom is -0.378 e. The van der Waals surface area contributed by atoms with Crippen LogP contribution in [0.15, 0.2) is 6.20 Å². The molecule has 0 spiro atoms. The van der Waals surface area contributed by atoms with Gasteiger partial charge in [-0.05, 0) is 19.3 Å². The minimum atomic E-state index is 0.628. The van der Waals surface area contributed by atoms with E-state index in [4.69, 9.17) is 9.72 Å². The summed E-state index contributed by atoms with van der Waals surface area (Å²) >= 11 is 0. The number of nitrogens with one attached hydrogen (secondary N) is 1. The normalized spacial score (nSPS) is 19.9. The molecule has 1 saturated carbocycles. The summed E-state index contributed by atoms with van der Waals surface area (Å²) in [7, 11) is 0. The molecule has 0 unspecified atom stereocenters. The monoisotopic (exact) mass is 248 g/mol. The number of morpholine rings is 1. The fourth-order valence-electron chi connectivity index (χ4n) is 2.12. The van der Waals surface area contributed by atoms with Gasteiger partial charge in [0.25, 0.3) is 0 Å². The van der Waals surface area contributed by atoms with Gasteiger partial charge in [0.05, 0.1) is 13.2 Å². The topological polar surface area (TPSA) is 50.3 Å². The van der Waals surface area contributed by atoms with Crippen molar-refractivity contribution in [3.8, 4) is 0 Å². The van der Waals surface area contributed by atoms with Gasteiger partial charge in [0.1, 0.15) is 5.82 Å². The number of rotatable bonds is 4. The van der Waals surface area contributed by atoms with Gasteiger partial charge in [-0.1, -0.05) is 6.92 Å². The van der Waals surface area contributed by atoms with Gasteiger partial charge < -0.3 is 15.0 Å². The fraction of sp³-hybridized carbons (Fsp3) is 0.692. The van der Waals surface area contributed by atoms with Crippen molar-refractivity contribution >= 4 is 11.8 Å². The van der Waals surface area contributed by atoms with E-state index in [0.29, 0.717) is 6.04 Å². The van der Waals surface area contributed by atoms with E-state index in [2.05, 4.69) is 22.1 Å². The van der Waals surface area contributed by atoms with E-state index in [1.165, 1.54) is 18.4 Å². The van der Waals surface area contributed by atoms with Crippen LogP contribution in [0.4, 0.5) is 11.8 Å². The van der Waals surface area contributed by atoms with Crippen LogP contribution in [-0.4, -0.2) is 42.3 Å². The van der Waals surface area contributed by atoms with E-state index >= 15 is 0 Å². The lowest BCUT2D eigenvalue weighted by atomic mass is 10.2. The predicted octanol–water partition coefficient (Wildman–Crippen LogP) is 1.45. The Morgan fingerprint density at radius 2 is 2.17 bits per heavy atom. The molecule has 0 amide bonds. The van der Waals surface area contributed by atoms with Gasteiger partial charge in [-0.2, -0.15) is 4.98 Å². The summed E-state index contributed by atoms with van der Waals surface area (Å²) in [5.74, 6) is 1.86. The summed E-state index contributed by atoms with van der Waals surface area (Å²) in [5.41, 5.74) is 1.21. The van der Waals surface area contributed by atoms with E-state index < -0.39 is 0 Å². The van der Waals surface area contributed by atoms with Crippen molar-refractivity contribution in [1.29, 1.82) is 0 Å². The number of hydrogen-bond acceptors (Lipinski definition) is 5. The molecule has 2 heterocycles. The first kappa shape index (κ1) is 11.7. The van der Waals surface area contributed by atoms with Gasteiger partial charge >= 0.3 is 0 Å². The maximum absolute atomic E-state index is 5.36. The van der Waals surface area contributed by atoms with Crippen LogP contribution < -0.4 is 10.2 Å². The summed E-state index contributed by atoms with van der Waals surface area (Å²) in [4.78, 5) is 11.4. The van der Waals surface area contributed by atoms with Crippen molar-refractivity contribution in [3.63, 3.8) is 0 Å². The number of anilines is 2.